The SMILES string of the molecule is C=CC(=O)Nc1cc(-n2c(=O)ccc3cnc4ccc(-n5cccn5)cc4c32)ccc1Cl. The molecule has 8 heteroatoms. The molecule has 7 nitrogen and oxygen atoms in total. The van der Waals surface area contributed by atoms with Crippen LogP contribution in [0.4, 0.5) is 5.69 Å². The fourth-order valence-corrected chi connectivity index (χ4v) is 3.82. The van der Waals surface area contributed by atoms with Crippen molar-refractivity contribution in [3.8, 4) is 11.4 Å². The highest BCUT2D eigenvalue weighted by molar-refractivity contribution is 6.34. The molecule has 1 amide bonds. The molecular weight excluding hydrogens is 426 g/mol. The fourth-order valence-electron chi connectivity index (χ4n) is 3.65. The summed E-state index contributed by atoms with van der Waals surface area (Å²) in [6.07, 6.45) is 6.44. The number of nitrogens with zero attached hydrogens (tertiary/aromatic N) is 4. The quantitative estimate of drug-likeness (QED) is 0.329. The van der Waals surface area contributed by atoms with Crippen LogP contribution in [0.2, 0.25) is 5.02 Å². The Kier molecular flexibility index (Phi) is 4.80. The Balaban J connectivity index is 1.81. The topological polar surface area (TPSA) is 81.8 Å². The first-order valence-electron chi connectivity index (χ1n) is 9.73. The summed E-state index contributed by atoms with van der Waals surface area (Å²) in [6.45, 7) is 3.46. The van der Waals surface area contributed by atoms with Gasteiger partial charge in [0.05, 0.1) is 33.1 Å². The largest absolute Gasteiger partial charge is 0.321 e. The first-order chi connectivity index (χ1) is 15.5. The van der Waals surface area contributed by atoms with Crippen molar-refractivity contribution in [1.82, 2.24) is 19.3 Å². The number of rotatable bonds is 4. The normalized spacial score (nSPS) is 11.0. The first kappa shape index (κ1) is 19.7. The average molecular weight is 442 g/mol. The highest BCUT2D eigenvalue weighted by Gasteiger charge is 2.13. The van der Waals surface area contributed by atoms with Crippen molar-refractivity contribution in [3.05, 3.63) is 101 Å². The number of carbonyl (C=O) groups excluding carboxylic acids is 1. The van der Waals surface area contributed by atoms with Crippen LogP contribution in [0.1, 0.15) is 0 Å². The highest BCUT2D eigenvalue weighted by atomic mass is 35.5. The monoisotopic (exact) mass is 441 g/mol. The number of nitrogens with one attached hydrogen (secondary N) is 1. The van der Waals surface area contributed by atoms with E-state index < -0.39 is 5.91 Å². The van der Waals surface area contributed by atoms with Gasteiger partial charge in [-0.3, -0.25) is 19.1 Å². The van der Waals surface area contributed by atoms with Crippen LogP contribution >= 0.6 is 11.6 Å². The van der Waals surface area contributed by atoms with E-state index in [2.05, 4.69) is 22.0 Å². The number of aromatic nitrogens is 4. The Hall–Kier alpha value is -4.23. The molecular formula is C24H16ClN5O2. The molecule has 1 N–H and O–H groups in total. The number of halogens is 1. The Morgan fingerprint density at radius 1 is 1.09 bits per heavy atom. The van der Waals surface area contributed by atoms with Crippen LogP contribution in [0.25, 0.3) is 33.2 Å². The summed E-state index contributed by atoms with van der Waals surface area (Å²) in [6, 6.07) is 15.9. The molecule has 0 unspecified atom stereocenters. The van der Waals surface area contributed by atoms with Gasteiger partial charge in [0, 0.05) is 35.4 Å². The number of carbonyl (C=O) groups is 1. The number of anilines is 1. The summed E-state index contributed by atoms with van der Waals surface area (Å²) >= 11 is 6.26. The number of hydrogen-bond donors (Lipinski definition) is 1. The molecule has 0 aliphatic heterocycles. The molecule has 0 fully saturated rings. The van der Waals surface area contributed by atoms with Gasteiger partial charge in [-0.25, -0.2) is 4.68 Å². The van der Waals surface area contributed by atoms with E-state index in [0.717, 1.165) is 28.1 Å². The maximum absolute atomic E-state index is 13.1. The lowest BCUT2D eigenvalue weighted by atomic mass is 10.1. The smallest absolute Gasteiger partial charge is 0.255 e. The molecule has 156 valence electrons. The molecule has 5 aromatic rings. The molecule has 3 aromatic heterocycles. The van der Waals surface area contributed by atoms with Gasteiger partial charge in [0.2, 0.25) is 5.91 Å². The van der Waals surface area contributed by atoms with E-state index in [9.17, 15) is 9.59 Å². The van der Waals surface area contributed by atoms with Crippen molar-refractivity contribution in [3.63, 3.8) is 0 Å². The summed E-state index contributed by atoms with van der Waals surface area (Å²) in [5.74, 6) is -0.396. The van der Waals surface area contributed by atoms with Crippen LogP contribution < -0.4 is 10.9 Å². The second-order valence-corrected chi connectivity index (χ2v) is 7.49. The molecule has 0 aliphatic carbocycles. The zero-order valence-corrected chi connectivity index (χ0v) is 17.5. The Labute approximate surface area is 187 Å². The third-order valence-corrected chi connectivity index (χ3v) is 5.45. The minimum absolute atomic E-state index is 0.224. The van der Waals surface area contributed by atoms with Crippen LogP contribution in [-0.4, -0.2) is 25.2 Å². The van der Waals surface area contributed by atoms with Gasteiger partial charge in [-0.05, 0) is 54.6 Å². The maximum atomic E-state index is 13.1. The lowest BCUT2D eigenvalue weighted by molar-refractivity contribution is -0.111. The molecule has 0 radical (unpaired) electrons. The number of pyridine rings is 2. The predicted octanol–water partition coefficient (Wildman–Crippen LogP) is 4.50. The van der Waals surface area contributed by atoms with Crippen molar-refractivity contribution >= 4 is 45.0 Å². The van der Waals surface area contributed by atoms with Crippen LogP contribution in [0, 0.1) is 0 Å². The lowest BCUT2D eigenvalue weighted by Gasteiger charge is -2.15. The zero-order chi connectivity index (χ0) is 22.2. The third kappa shape index (κ3) is 3.34. The molecule has 0 bridgehead atoms. The Morgan fingerprint density at radius 2 is 1.94 bits per heavy atom. The van der Waals surface area contributed by atoms with Gasteiger partial charge < -0.3 is 5.32 Å². The molecule has 0 saturated carbocycles. The van der Waals surface area contributed by atoms with E-state index in [1.165, 1.54) is 6.07 Å². The van der Waals surface area contributed by atoms with E-state index in [1.807, 2.05) is 30.5 Å². The average Bonchev–Trinajstić information content (AvgIpc) is 3.35. The summed E-state index contributed by atoms with van der Waals surface area (Å²) in [7, 11) is 0. The Morgan fingerprint density at radius 3 is 2.72 bits per heavy atom. The van der Waals surface area contributed by atoms with Gasteiger partial charge in [0.1, 0.15) is 0 Å². The second-order valence-electron chi connectivity index (χ2n) is 7.08. The molecule has 0 spiro atoms. The standard InChI is InChI=1S/C24H16ClN5O2/c1-2-22(31)28-21-13-17(5-7-19(21)25)30-23(32)9-4-15-14-26-20-8-6-16(12-18(20)24(15)30)29-11-3-10-27-29/h2-14H,1H2,(H,28,31). The van der Waals surface area contributed by atoms with Gasteiger partial charge in [-0.2, -0.15) is 5.10 Å². The summed E-state index contributed by atoms with van der Waals surface area (Å²) in [5.41, 5.74) is 2.99. The van der Waals surface area contributed by atoms with Gasteiger partial charge in [-0.15, -0.1) is 0 Å². The molecule has 0 aliphatic rings. The highest BCUT2D eigenvalue weighted by Crippen LogP contribution is 2.29. The molecule has 2 aromatic carbocycles. The van der Waals surface area contributed by atoms with Crippen molar-refractivity contribution in [2.24, 2.45) is 0 Å². The minimum atomic E-state index is -0.396. The third-order valence-electron chi connectivity index (χ3n) is 5.12. The fraction of sp³-hybridized carbons (Fsp3) is 0. The Bertz CT molecular complexity index is 1570. The number of hydrogen-bond acceptors (Lipinski definition) is 4. The van der Waals surface area contributed by atoms with E-state index in [4.69, 9.17) is 11.6 Å². The van der Waals surface area contributed by atoms with Gasteiger partial charge in [-0.1, -0.05) is 18.2 Å². The van der Waals surface area contributed by atoms with Crippen LogP contribution in [0.5, 0.6) is 0 Å². The summed E-state index contributed by atoms with van der Waals surface area (Å²) in [5, 5.41) is 8.90. The van der Waals surface area contributed by atoms with Crippen molar-refractivity contribution in [2.45, 2.75) is 0 Å². The first-order valence-corrected chi connectivity index (χ1v) is 10.1. The van der Waals surface area contributed by atoms with Gasteiger partial charge in [0.25, 0.3) is 5.56 Å². The van der Waals surface area contributed by atoms with E-state index in [1.54, 1.807) is 45.9 Å². The minimum Gasteiger partial charge on any atom is -0.321 e. The van der Waals surface area contributed by atoms with Gasteiger partial charge in [0.15, 0.2) is 0 Å². The van der Waals surface area contributed by atoms with Gasteiger partial charge >= 0.3 is 0 Å². The molecule has 5 rings (SSSR count). The number of amides is 1. The molecule has 3 heterocycles. The van der Waals surface area contributed by atoms with E-state index in [-0.39, 0.29) is 5.56 Å². The maximum Gasteiger partial charge on any atom is 0.255 e. The molecule has 0 saturated heterocycles. The van der Waals surface area contributed by atoms with E-state index >= 15 is 0 Å². The number of benzene rings is 2. The second kappa shape index (κ2) is 7.79. The summed E-state index contributed by atoms with van der Waals surface area (Å²) < 4.78 is 3.33. The van der Waals surface area contributed by atoms with Crippen LogP contribution in [-0.2, 0) is 4.79 Å². The molecule has 0 atom stereocenters. The van der Waals surface area contributed by atoms with Crippen LogP contribution in [0.15, 0.2) is 90.6 Å². The summed E-state index contributed by atoms with van der Waals surface area (Å²) in [4.78, 5) is 29.4. The van der Waals surface area contributed by atoms with Crippen molar-refractivity contribution < 1.29 is 4.79 Å². The zero-order valence-electron chi connectivity index (χ0n) is 16.7. The molecule has 32 heavy (non-hydrogen) atoms. The lowest BCUT2D eigenvalue weighted by Crippen LogP contribution is -2.18. The number of fused-ring (bicyclic) bond motifs is 3. The van der Waals surface area contributed by atoms with Crippen LogP contribution in [0.3, 0.4) is 0 Å². The van der Waals surface area contributed by atoms with Crippen molar-refractivity contribution in [1.29, 1.82) is 0 Å². The van der Waals surface area contributed by atoms with E-state index in [0.29, 0.717) is 21.9 Å². The van der Waals surface area contributed by atoms with Crippen molar-refractivity contribution in [2.75, 3.05) is 5.32 Å². The predicted molar refractivity (Wildman–Crippen MR) is 126 cm³/mol.